The van der Waals surface area contributed by atoms with E-state index in [2.05, 4.69) is 10.6 Å². The number of hydrogen-bond donors (Lipinski definition) is 2. The zero-order chi connectivity index (χ0) is 20.4. The van der Waals surface area contributed by atoms with E-state index >= 15 is 0 Å². The molecule has 28 heavy (non-hydrogen) atoms. The number of carbonyl (C=O) groups is 2. The summed E-state index contributed by atoms with van der Waals surface area (Å²) in [5.74, 6) is 0.300. The summed E-state index contributed by atoms with van der Waals surface area (Å²) in [5.41, 5.74) is 1.63. The summed E-state index contributed by atoms with van der Waals surface area (Å²) in [6.45, 7) is 4.72. The van der Waals surface area contributed by atoms with Gasteiger partial charge in [0.15, 0.2) is 0 Å². The Morgan fingerprint density at radius 1 is 1.07 bits per heavy atom. The molecule has 2 rings (SSSR count). The molecular weight excluding hydrogens is 359 g/mol. The van der Waals surface area contributed by atoms with E-state index in [4.69, 9.17) is 4.74 Å². The van der Waals surface area contributed by atoms with Gasteiger partial charge in [0.2, 0.25) is 11.8 Å². The van der Waals surface area contributed by atoms with Gasteiger partial charge < -0.3 is 15.4 Å². The van der Waals surface area contributed by atoms with Gasteiger partial charge in [0.1, 0.15) is 11.6 Å². The first-order valence-corrected chi connectivity index (χ1v) is 9.46. The fourth-order valence-electron chi connectivity index (χ4n) is 2.61. The maximum atomic E-state index is 13.1. The molecule has 0 fully saturated rings. The number of hydrogen-bond acceptors (Lipinski definition) is 3. The second-order valence-corrected chi connectivity index (χ2v) is 7.03. The van der Waals surface area contributed by atoms with Crippen molar-refractivity contribution in [3.63, 3.8) is 0 Å². The molecule has 2 aromatic carbocycles. The Morgan fingerprint density at radius 3 is 2.61 bits per heavy atom. The van der Waals surface area contributed by atoms with E-state index in [1.54, 1.807) is 12.1 Å². The van der Waals surface area contributed by atoms with Crippen LogP contribution in [0.1, 0.15) is 38.7 Å². The molecule has 150 valence electrons. The molecule has 0 bridgehead atoms. The van der Waals surface area contributed by atoms with Gasteiger partial charge in [0.05, 0.1) is 6.61 Å². The van der Waals surface area contributed by atoms with E-state index in [0.29, 0.717) is 44.1 Å². The van der Waals surface area contributed by atoms with Crippen LogP contribution in [-0.4, -0.2) is 18.4 Å². The molecule has 0 atom stereocenters. The zero-order valence-corrected chi connectivity index (χ0v) is 16.3. The highest BCUT2D eigenvalue weighted by atomic mass is 19.1. The Kier molecular flexibility index (Phi) is 8.46. The van der Waals surface area contributed by atoms with Gasteiger partial charge in [-0.15, -0.1) is 0 Å². The maximum absolute atomic E-state index is 13.1. The van der Waals surface area contributed by atoms with Crippen molar-refractivity contribution in [2.45, 2.75) is 39.7 Å². The molecule has 0 radical (unpaired) electrons. The highest BCUT2D eigenvalue weighted by Crippen LogP contribution is 2.13. The van der Waals surface area contributed by atoms with Crippen molar-refractivity contribution in [1.82, 2.24) is 5.32 Å². The summed E-state index contributed by atoms with van der Waals surface area (Å²) in [6, 6.07) is 13.3. The first kappa shape index (κ1) is 21.4. The molecule has 0 aliphatic heterocycles. The average molecular weight is 386 g/mol. The fourth-order valence-corrected chi connectivity index (χ4v) is 2.61. The normalized spacial score (nSPS) is 10.6. The topological polar surface area (TPSA) is 67.4 Å². The van der Waals surface area contributed by atoms with E-state index in [1.807, 2.05) is 38.1 Å². The molecule has 0 spiro atoms. The van der Waals surface area contributed by atoms with Crippen LogP contribution in [0.2, 0.25) is 0 Å². The standard InChI is InChI=1S/C22H27FN2O3/c1-16(2)12-22(27)25-19-8-3-6-17(13-19)15-24-21(26)10-5-11-28-20-9-4-7-18(23)14-20/h3-4,6-9,13-14,16H,5,10-12,15H2,1-2H3,(H,24,26)(H,25,27). The quantitative estimate of drug-likeness (QED) is 0.599. The summed E-state index contributed by atoms with van der Waals surface area (Å²) in [4.78, 5) is 23.8. The van der Waals surface area contributed by atoms with Crippen molar-refractivity contribution in [3.8, 4) is 5.75 Å². The Labute approximate surface area is 165 Å². The molecule has 0 saturated carbocycles. The lowest BCUT2D eigenvalue weighted by Crippen LogP contribution is -2.23. The van der Waals surface area contributed by atoms with Gasteiger partial charge in [0.25, 0.3) is 0 Å². The third kappa shape index (κ3) is 8.20. The van der Waals surface area contributed by atoms with Gasteiger partial charge in [-0.1, -0.05) is 32.0 Å². The van der Waals surface area contributed by atoms with Crippen molar-refractivity contribution in [1.29, 1.82) is 0 Å². The fraction of sp³-hybridized carbons (Fsp3) is 0.364. The molecule has 2 amide bonds. The summed E-state index contributed by atoms with van der Waals surface area (Å²) in [5, 5.41) is 5.72. The third-order valence-corrected chi connectivity index (χ3v) is 3.91. The van der Waals surface area contributed by atoms with Crippen LogP contribution in [0.15, 0.2) is 48.5 Å². The van der Waals surface area contributed by atoms with Crippen molar-refractivity contribution in [2.24, 2.45) is 5.92 Å². The Bertz CT molecular complexity index is 793. The molecule has 0 heterocycles. The van der Waals surface area contributed by atoms with E-state index < -0.39 is 0 Å². The smallest absolute Gasteiger partial charge is 0.224 e. The number of ether oxygens (including phenoxy) is 1. The summed E-state index contributed by atoms with van der Waals surface area (Å²) >= 11 is 0. The Balaban J connectivity index is 1.69. The minimum absolute atomic E-state index is 0.0190. The predicted molar refractivity (Wildman–Crippen MR) is 108 cm³/mol. The minimum Gasteiger partial charge on any atom is -0.493 e. The van der Waals surface area contributed by atoms with E-state index in [0.717, 1.165) is 11.3 Å². The van der Waals surface area contributed by atoms with E-state index in [1.165, 1.54) is 12.1 Å². The van der Waals surface area contributed by atoms with Crippen LogP contribution in [0.25, 0.3) is 0 Å². The van der Waals surface area contributed by atoms with Crippen LogP contribution in [0.3, 0.4) is 0 Å². The number of amides is 2. The molecule has 5 nitrogen and oxygen atoms in total. The highest BCUT2D eigenvalue weighted by molar-refractivity contribution is 5.90. The molecule has 0 saturated heterocycles. The van der Waals surface area contributed by atoms with Crippen molar-refractivity contribution >= 4 is 17.5 Å². The van der Waals surface area contributed by atoms with Crippen LogP contribution >= 0.6 is 0 Å². The van der Waals surface area contributed by atoms with Gasteiger partial charge in [0, 0.05) is 31.1 Å². The highest BCUT2D eigenvalue weighted by Gasteiger charge is 2.07. The summed E-state index contributed by atoms with van der Waals surface area (Å²) < 4.78 is 18.5. The SMILES string of the molecule is CC(C)CC(=O)Nc1cccc(CNC(=O)CCCOc2cccc(F)c2)c1. The Hall–Kier alpha value is -2.89. The minimum atomic E-state index is -0.349. The molecular formula is C22H27FN2O3. The number of carbonyl (C=O) groups excluding carboxylic acids is 2. The van der Waals surface area contributed by atoms with Gasteiger partial charge >= 0.3 is 0 Å². The number of rotatable bonds is 10. The largest absolute Gasteiger partial charge is 0.493 e. The maximum Gasteiger partial charge on any atom is 0.224 e. The van der Waals surface area contributed by atoms with Crippen LogP contribution < -0.4 is 15.4 Å². The Morgan fingerprint density at radius 2 is 1.86 bits per heavy atom. The first-order valence-electron chi connectivity index (χ1n) is 9.46. The van der Waals surface area contributed by atoms with E-state index in [9.17, 15) is 14.0 Å². The second-order valence-electron chi connectivity index (χ2n) is 7.03. The van der Waals surface area contributed by atoms with Crippen LogP contribution in [0.5, 0.6) is 5.75 Å². The van der Waals surface area contributed by atoms with E-state index in [-0.39, 0.29) is 17.6 Å². The molecule has 0 aliphatic rings. The number of halogens is 1. The summed E-state index contributed by atoms with van der Waals surface area (Å²) in [6.07, 6.45) is 1.33. The molecule has 0 unspecified atom stereocenters. The van der Waals surface area contributed by atoms with Crippen LogP contribution in [0.4, 0.5) is 10.1 Å². The monoisotopic (exact) mass is 386 g/mol. The van der Waals surface area contributed by atoms with Gasteiger partial charge in [-0.3, -0.25) is 9.59 Å². The molecule has 0 aliphatic carbocycles. The number of anilines is 1. The second kappa shape index (κ2) is 11.1. The van der Waals surface area contributed by atoms with Crippen molar-refractivity contribution in [2.75, 3.05) is 11.9 Å². The number of nitrogens with one attached hydrogen (secondary N) is 2. The lowest BCUT2D eigenvalue weighted by molar-refractivity contribution is -0.121. The third-order valence-electron chi connectivity index (χ3n) is 3.91. The molecule has 6 heteroatoms. The average Bonchev–Trinajstić information content (AvgIpc) is 2.63. The lowest BCUT2D eigenvalue weighted by Gasteiger charge is -2.10. The number of benzene rings is 2. The first-order chi connectivity index (χ1) is 13.4. The lowest BCUT2D eigenvalue weighted by atomic mass is 10.1. The summed E-state index contributed by atoms with van der Waals surface area (Å²) in [7, 11) is 0. The molecule has 2 aromatic rings. The van der Waals surface area contributed by atoms with Crippen molar-refractivity contribution < 1.29 is 18.7 Å². The van der Waals surface area contributed by atoms with Crippen LogP contribution in [-0.2, 0) is 16.1 Å². The molecule has 0 aromatic heterocycles. The van der Waals surface area contributed by atoms with Gasteiger partial charge in [-0.2, -0.15) is 0 Å². The van der Waals surface area contributed by atoms with Crippen LogP contribution in [0, 0.1) is 11.7 Å². The van der Waals surface area contributed by atoms with Gasteiger partial charge in [-0.05, 0) is 42.2 Å². The van der Waals surface area contributed by atoms with Gasteiger partial charge in [-0.25, -0.2) is 4.39 Å². The predicted octanol–water partition coefficient (Wildman–Crippen LogP) is 4.29. The van der Waals surface area contributed by atoms with Crippen molar-refractivity contribution in [3.05, 3.63) is 59.9 Å². The zero-order valence-electron chi connectivity index (χ0n) is 16.3. The molecule has 2 N–H and O–H groups in total.